The highest BCUT2D eigenvalue weighted by Crippen LogP contribution is 2.09. The van der Waals surface area contributed by atoms with E-state index in [1.54, 1.807) is 12.2 Å². The summed E-state index contributed by atoms with van der Waals surface area (Å²) in [5.74, 6) is -1.68. The highest BCUT2D eigenvalue weighted by atomic mass is 16.5. The first kappa shape index (κ1) is 5.54. The molecule has 2 nitrogen and oxygen atoms in total. The first-order valence-corrected chi connectivity index (χ1v) is 2.51. The minimum atomic E-state index is -1.68. The van der Waals surface area contributed by atoms with Crippen LogP contribution in [0.3, 0.4) is 0 Å². The maximum absolute atomic E-state index is 8.76. The number of hydrogen-bond donors (Lipinski definition) is 2. The molecular formula is C6H8O2. The van der Waals surface area contributed by atoms with Gasteiger partial charge in [-0.15, -0.1) is 0 Å². The van der Waals surface area contributed by atoms with Gasteiger partial charge in [0.25, 0.3) is 0 Å². The minimum Gasteiger partial charge on any atom is -0.359 e. The number of rotatable bonds is 0. The van der Waals surface area contributed by atoms with Crippen molar-refractivity contribution in [3.63, 3.8) is 0 Å². The second kappa shape index (κ2) is 1.73. The van der Waals surface area contributed by atoms with Gasteiger partial charge in [0.15, 0.2) is 0 Å². The Labute approximate surface area is 47.8 Å². The summed E-state index contributed by atoms with van der Waals surface area (Å²) in [4.78, 5) is 0. The summed E-state index contributed by atoms with van der Waals surface area (Å²) in [7, 11) is 0. The second-order valence-corrected chi connectivity index (χ2v) is 1.82. The fourth-order valence-electron chi connectivity index (χ4n) is 0.617. The third-order valence-corrected chi connectivity index (χ3v) is 0.998. The Hall–Kier alpha value is -0.600. The van der Waals surface area contributed by atoms with Gasteiger partial charge in [-0.25, -0.2) is 0 Å². The molecule has 0 saturated heterocycles. The van der Waals surface area contributed by atoms with E-state index >= 15 is 0 Å². The summed E-state index contributed by atoms with van der Waals surface area (Å²) in [5.41, 5.74) is 0. The first-order valence-electron chi connectivity index (χ1n) is 2.51. The first-order chi connectivity index (χ1) is 3.71. The summed E-state index contributed by atoms with van der Waals surface area (Å²) in [6.07, 6.45) is 6.92. The summed E-state index contributed by atoms with van der Waals surface area (Å²) in [6.45, 7) is 0. The van der Waals surface area contributed by atoms with Crippen LogP contribution in [-0.4, -0.2) is 16.0 Å². The van der Waals surface area contributed by atoms with Crippen molar-refractivity contribution in [1.29, 1.82) is 0 Å². The molecule has 8 heavy (non-hydrogen) atoms. The number of hydrogen-bond acceptors (Lipinski definition) is 2. The van der Waals surface area contributed by atoms with Crippen LogP contribution in [0.1, 0.15) is 6.42 Å². The molecule has 0 aliphatic heterocycles. The molecule has 0 radical (unpaired) electrons. The standard InChI is InChI=1S/C6H8O2/c7-6(8)4-2-1-3-5-6/h2-5,7-8H,1H2. The molecule has 0 amide bonds. The van der Waals surface area contributed by atoms with Crippen LogP contribution in [0, 0.1) is 0 Å². The zero-order valence-electron chi connectivity index (χ0n) is 4.41. The van der Waals surface area contributed by atoms with E-state index in [2.05, 4.69) is 0 Å². The summed E-state index contributed by atoms with van der Waals surface area (Å²) in [6, 6.07) is 0. The van der Waals surface area contributed by atoms with Crippen LogP contribution in [0.4, 0.5) is 0 Å². The molecule has 0 aromatic rings. The molecule has 0 atom stereocenters. The Kier molecular flexibility index (Phi) is 1.19. The maximum atomic E-state index is 8.76. The lowest BCUT2D eigenvalue weighted by Crippen LogP contribution is -2.22. The van der Waals surface area contributed by atoms with E-state index in [-0.39, 0.29) is 0 Å². The van der Waals surface area contributed by atoms with Gasteiger partial charge in [-0.1, -0.05) is 12.2 Å². The largest absolute Gasteiger partial charge is 0.359 e. The van der Waals surface area contributed by atoms with Crippen molar-refractivity contribution in [1.82, 2.24) is 0 Å². The van der Waals surface area contributed by atoms with E-state index in [1.165, 1.54) is 12.2 Å². The summed E-state index contributed by atoms with van der Waals surface area (Å²) < 4.78 is 0. The molecule has 0 saturated carbocycles. The van der Waals surface area contributed by atoms with E-state index in [9.17, 15) is 0 Å². The Morgan fingerprint density at radius 2 is 1.62 bits per heavy atom. The van der Waals surface area contributed by atoms with Crippen LogP contribution in [0.2, 0.25) is 0 Å². The van der Waals surface area contributed by atoms with E-state index in [1.807, 2.05) is 0 Å². The smallest absolute Gasteiger partial charge is 0.202 e. The van der Waals surface area contributed by atoms with Gasteiger partial charge in [0, 0.05) is 0 Å². The second-order valence-electron chi connectivity index (χ2n) is 1.82. The lowest BCUT2D eigenvalue weighted by molar-refractivity contribution is -0.0752. The minimum absolute atomic E-state index is 0.795. The topological polar surface area (TPSA) is 40.5 Å². The zero-order valence-corrected chi connectivity index (χ0v) is 4.41. The van der Waals surface area contributed by atoms with Crippen LogP contribution in [0.25, 0.3) is 0 Å². The molecule has 0 aromatic carbocycles. The molecule has 0 aromatic heterocycles. The van der Waals surface area contributed by atoms with Crippen LogP contribution >= 0.6 is 0 Å². The average Bonchev–Trinajstić information content (AvgIpc) is 1.65. The van der Waals surface area contributed by atoms with Crippen molar-refractivity contribution in [3.8, 4) is 0 Å². The normalized spacial score (nSPS) is 23.8. The Bertz CT molecular complexity index is 119. The lowest BCUT2D eigenvalue weighted by atomic mass is 10.1. The average molecular weight is 112 g/mol. The van der Waals surface area contributed by atoms with Crippen LogP contribution in [-0.2, 0) is 0 Å². The van der Waals surface area contributed by atoms with Crippen molar-refractivity contribution < 1.29 is 10.2 Å². The van der Waals surface area contributed by atoms with Crippen molar-refractivity contribution in [2.24, 2.45) is 0 Å². The number of allylic oxidation sites excluding steroid dienone is 2. The molecule has 0 unspecified atom stereocenters. The molecule has 44 valence electrons. The fraction of sp³-hybridized carbons (Fsp3) is 0.333. The molecule has 1 aliphatic carbocycles. The maximum Gasteiger partial charge on any atom is 0.202 e. The van der Waals surface area contributed by atoms with Crippen molar-refractivity contribution >= 4 is 0 Å². The molecule has 0 bridgehead atoms. The van der Waals surface area contributed by atoms with Gasteiger partial charge in [0.05, 0.1) is 0 Å². The summed E-state index contributed by atoms with van der Waals surface area (Å²) >= 11 is 0. The monoisotopic (exact) mass is 112 g/mol. The third-order valence-electron chi connectivity index (χ3n) is 0.998. The SMILES string of the molecule is OC1(O)C=CCC=C1. The van der Waals surface area contributed by atoms with Gasteiger partial charge in [-0.2, -0.15) is 0 Å². The van der Waals surface area contributed by atoms with E-state index < -0.39 is 5.79 Å². The van der Waals surface area contributed by atoms with Crippen LogP contribution in [0.5, 0.6) is 0 Å². The van der Waals surface area contributed by atoms with Crippen LogP contribution in [0.15, 0.2) is 24.3 Å². The Balaban J connectivity index is 2.69. The van der Waals surface area contributed by atoms with E-state index in [0.29, 0.717) is 0 Å². The number of aliphatic hydroxyl groups is 2. The van der Waals surface area contributed by atoms with Crippen molar-refractivity contribution in [2.45, 2.75) is 12.2 Å². The van der Waals surface area contributed by atoms with Gasteiger partial charge in [-0.3, -0.25) is 0 Å². The quantitative estimate of drug-likeness (QED) is 0.347. The lowest BCUT2D eigenvalue weighted by Gasteiger charge is -2.13. The Morgan fingerprint density at radius 1 is 1.12 bits per heavy atom. The van der Waals surface area contributed by atoms with Gasteiger partial charge >= 0.3 is 0 Å². The van der Waals surface area contributed by atoms with Crippen molar-refractivity contribution in [2.75, 3.05) is 0 Å². The highest BCUT2D eigenvalue weighted by molar-refractivity contribution is 5.13. The molecule has 1 rings (SSSR count). The molecular weight excluding hydrogens is 104 g/mol. The molecule has 0 spiro atoms. The van der Waals surface area contributed by atoms with Gasteiger partial charge in [0.1, 0.15) is 0 Å². The molecule has 2 heteroatoms. The molecule has 1 aliphatic rings. The molecule has 0 fully saturated rings. The van der Waals surface area contributed by atoms with Gasteiger partial charge in [0.2, 0.25) is 5.79 Å². The zero-order chi connectivity index (χ0) is 6.04. The predicted molar refractivity (Wildman–Crippen MR) is 30.1 cm³/mol. The highest BCUT2D eigenvalue weighted by Gasteiger charge is 2.14. The third kappa shape index (κ3) is 1.18. The predicted octanol–water partition coefficient (Wildman–Crippen LogP) is 0.183. The molecule has 2 N–H and O–H groups in total. The molecule has 0 heterocycles. The van der Waals surface area contributed by atoms with E-state index in [0.717, 1.165) is 6.42 Å². The van der Waals surface area contributed by atoms with Crippen LogP contribution < -0.4 is 0 Å². The summed E-state index contributed by atoms with van der Waals surface area (Å²) in [5, 5.41) is 17.5. The Morgan fingerprint density at radius 3 is 1.88 bits per heavy atom. The van der Waals surface area contributed by atoms with E-state index in [4.69, 9.17) is 10.2 Å². The fourth-order valence-corrected chi connectivity index (χ4v) is 0.617. The van der Waals surface area contributed by atoms with Gasteiger partial charge < -0.3 is 10.2 Å². The van der Waals surface area contributed by atoms with Crippen molar-refractivity contribution in [3.05, 3.63) is 24.3 Å². The van der Waals surface area contributed by atoms with Gasteiger partial charge in [-0.05, 0) is 18.6 Å².